The lowest BCUT2D eigenvalue weighted by molar-refractivity contribution is -0.138. The standard InChI is InChI=1S/C27H38F2N4O6/c28-20-9-16(33-12-17(14-34)39-27(33)38)3-4-22(20)30-5-7-31(8-6-30)24-11-23-18(10-21(24)29)25(35)19(26(36)37)13-32(23)15-1-2-15/h13,15-18,20-24,34H,1-12,14H2,(H,36,37)/t16?,17-,18?,20?,21?,22?,23?,24?/m1/s1. The van der Waals surface area contributed by atoms with Gasteiger partial charge in [0, 0.05) is 74.9 Å². The number of cyclic esters (lactones) is 1. The molecule has 0 radical (unpaired) electrons. The molecule has 3 saturated carbocycles. The molecule has 3 heterocycles. The van der Waals surface area contributed by atoms with Crippen LogP contribution in [-0.2, 0) is 14.3 Å². The minimum atomic E-state index is -1.24. The highest BCUT2D eigenvalue weighted by Gasteiger charge is 2.51. The number of fused-ring (bicyclic) bond motifs is 1. The Kier molecular flexibility index (Phi) is 7.30. The molecule has 0 aromatic rings. The Labute approximate surface area is 226 Å². The van der Waals surface area contributed by atoms with Crippen molar-refractivity contribution >= 4 is 17.8 Å². The summed E-state index contributed by atoms with van der Waals surface area (Å²) in [5.74, 6) is -2.32. The average molecular weight is 553 g/mol. The molecular weight excluding hydrogens is 514 g/mol. The minimum absolute atomic E-state index is 0.0366. The molecule has 7 unspecified atom stereocenters. The van der Waals surface area contributed by atoms with Gasteiger partial charge in [-0.25, -0.2) is 18.4 Å². The number of ketones is 1. The number of carbonyl (C=O) groups excluding carboxylic acids is 2. The molecular formula is C27H38F2N4O6. The first-order valence-electron chi connectivity index (χ1n) is 14.4. The van der Waals surface area contributed by atoms with Gasteiger partial charge in [-0.1, -0.05) is 0 Å². The summed E-state index contributed by atoms with van der Waals surface area (Å²) in [6.07, 6.45) is 2.13. The predicted octanol–water partition coefficient (Wildman–Crippen LogP) is 1.18. The van der Waals surface area contributed by atoms with Crippen LogP contribution in [0.1, 0.15) is 44.9 Å². The van der Waals surface area contributed by atoms with Crippen molar-refractivity contribution in [3.8, 4) is 0 Å². The zero-order chi connectivity index (χ0) is 27.4. The number of carboxylic acid groups (broad SMARTS) is 1. The number of rotatable bonds is 6. The first-order valence-corrected chi connectivity index (χ1v) is 14.4. The Morgan fingerprint density at radius 2 is 1.54 bits per heavy atom. The van der Waals surface area contributed by atoms with E-state index in [0.29, 0.717) is 52.0 Å². The van der Waals surface area contributed by atoms with E-state index in [1.54, 1.807) is 4.90 Å². The lowest BCUT2D eigenvalue weighted by Crippen LogP contribution is -2.62. The highest BCUT2D eigenvalue weighted by Crippen LogP contribution is 2.43. The first kappa shape index (κ1) is 26.9. The van der Waals surface area contributed by atoms with E-state index in [2.05, 4.69) is 9.80 Å². The average Bonchev–Trinajstić information content (AvgIpc) is 3.69. The van der Waals surface area contributed by atoms with Crippen molar-refractivity contribution in [2.24, 2.45) is 5.92 Å². The molecule has 0 aromatic heterocycles. The van der Waals surface area contributed by atoms with Crippen molar-refractivity contribution in [3.63, 3.8) is 0 Å². The van der Waals surface area contributed by atoms with Gasteiger partial charge in [0.2, 0.25) is 0 Å². The first-order chi connectivity index (χ1) is 18.7. The maximum atomic E-state index is 15.5. The highest BCUT2D eigenvalue weighted by atomic mass is 19.1. The molecule has 2 N–H and O–H groups in total. The van der Waals surface area contributed by atoms with Gasteiger partial charge in [-0.05, 0) is 38.5 Å². The van der Waals surface area contributed by atoms with Crippen molar-refractivity contribution in [2.75, 3.05) is 39.3 Å². The summed E-state index contributed by atoms with van der Waals surface area (Å²) in [5.41, 5.74) is -0.229. The van der Waals surface area contributed by atoms with E-state index in [0.717, 1.165) is 12.8 Å². The second-order valence-electron chi connectivity index (χ2n) is 12.1. The Balaban J connectivity index is 1.05. The zero-order valence-corrected chi connectivity index (χ0v) is 22.0. The van der Waals surface area contributed by atoms with Crippen LogP contribution >= 0.6 is 0 Å². The Morgan fingerprint density at radius 3 is 2.13 bits per heavy atom. The van der Waals surface area contributed by atoms with Crippen molar-refractivity contribution in [1.29, 1.82) is 0 Å². The van der Waals surface area contributed by atoms with Gasteiger partial charge in [-0.3, -0.25) is 14.6 Å². The number of hydrogen-bond acceptors (Lipinski definition) is 8. The van der Waals surface area contributed by atoms with Crippen LogP contribution in [0, 0.1) is 5.92 Å². The van der Waals surface area contributed by atoms with Crippen molar-refractivity contribution in [3.05, 3.63) is 11.8 Å². The van der Waals surface area contributed by atoms with E-state index < -0.39 is 42.2 Å². The van der Waals surface area contributed by atoms with E-state index in [4.69, 9.17) is 4.74 Å². The molecule has 1 amide bonds. The van der Waals surface area contributed by atoms with Crippen LogP contribution in [0.3, 0.4) is 0 Å². The number of carbonyl (C=O) groups is 3. The second-order valence-corrected chi connectivity index (χ2v) is 12.1. The van der Waals surface area contributed by atoms with Crippen LogP contribution in [0.2, 0.25) is 0 Å². The van der Waals surface area contributed by atoms with E-state index >= 15 is 8.78 Å². The number of Topliss-reactive ketones (excluding diaryl/α,β-unsaturated/α-hetero) is 1. The lowest BCUT2D eigenvalue weighted by atomic mass is 9.73. The van der Waals surface area contributed by atoms with Crippen LogP contribution in [0.5, 0.6) is 0 Å². The summed E-state index contributed by atoms with van der Waals surface area (Å²) in [5, 5.41) is 18.8. The van der Waals surface area contributed by atoms with E-state index in [1.165, 1.54) is 6.20 Å². The summed E-state index contributed by atoms with van der Waals surface area (Å²) in [6, 6.07) is -0.779. The summed E-state index contributed by atoms with van der Waals surface area (Å²) in [6.45, 7) is 2.52. The molecule has 3 aliphatic carbocycles. The second kappa shape index (κ2) is 10.6. The van der Waals surface area contributed by atoms with Crippen LogP contribution in [0.25, 0.3) is 0 Å². The van der Waals surface area contributed by atoms with Gasteiger partial charge in [0.1, 0.15) is 24.0 Å². The molecule has 2 saturated heterocycles. The SMILES string of the molecule is O=C(O)C1=CN(C2CC2)C2CC(N3CCN(C4CCC(N5C[C@H](CO)OC5=O)CC4F)CC3)C(F)CC2C1=O. The van der Waals surface area contributed by atoms with E-state index in [-0.39, 0.29) is 55.2 Å². The molecule has 0 spiro atoms. The van der Waals surface area contributed by atoms with E-state index in [9.17, 15) is 24.6 Å². The van der Waals surface area contributed by atoms with E-state index in [1.807, 2.05) is 4.90 Å². The number of piperazine rings is 1. The van der Waals surface area contributed by atoms with Crippen LogP contribution in [0.15, 0.2) is 11.8 Å². The number of ether oxygens (including phenoxy) is 1. The fraction of sp³-hybridized carbons (Fsp3) is 0.815. The van der Waals surface area contributed by atoms with Crippen molar-refractivity contribution in [2.45, 2.75) is 93.6 Å². The largest absolute Gasteiger partial charge is 0.478 e. The number of amides is 1. The molecule has 6 aliphatic rings. The van der Waals surface area contributed by atoms with Crippen LogP contribution < -0.4 is 0 Å². The van der Waals surface area contributed by atoms with Gasteiger partial charge in [0.25, 0.3) is 0 Å². The number of aliphatic hydroxyl groups excluding tert-OH is 1. The molecule has 6 rings (SSSR count). The number of aliphatic carboxylic acids is 1. The van der Waals surface area contributed by atoms with Crippen molar-refractivity contribution < 1.29 is 38.1 Å². The molecule has 12 heteroatoms. The fourth-order valence-electron chi connectivity index (χ4n) is 7.63. The quantitative estimate of drug-likeness (QED) is 0.469. The summed E-state index contributed by atoms with van der Waals surface area (Å²) >= 11 is 0. The normalized spacial score (nSPS) is 40.3. The molecule has 216 valence electrons. The highest BCUT2D eigenvalue weighted by molar-refractivity contribution is 6.18. The molecule has 5 fully saturated rings. The minimum Gasteiger partial charge on any atom is -0.478 e. The maximum absolute atomic E-state index is 15.5. The third-order valence-corrected chi connectivity index (χ3v) is 9.85. The Morgan fingerprint density at radius 1 is 0.897 bits per heavy atom. The molecule has 0 bridgehead atoms. The predicted molar refractivity (Wildman–Crippen MR) is 134 cm³/mol. The third kappa shape index (κ3) is 5.04. The summed E-state index contributed by atoms with van der Waals surface area (Å²) < 4.78 is 36.0. The molecule has 0 aromatic carbocycles. The van der Waals surface area contributed by atoms with Gasteiger partial charge in [0.15, 0.2) is 5.78 Å². The van der Waals surface area contributed by atoms with Gasteiger partial charge >= 0.3 is 12.1 Å². The van der Waals surface area contributed by atoms with Gasteiger partial charge < -0.3 is 24.7 Å². The van der Waals surface area contributed by atoms with Crippen molar-refractivity contribution in [1.82, 2.24) is 19.6 Å². The van der Waals surface area contributed by atoms with Gasteiger partial charge in [0.05, 0.1) is 13.2 Å². The number of carboxylic acids is 1. The topological polar surface area (TPSA) is 114 Å². The lowest BCUT2D eigenvalue weighted by Gasteiger charge is -2.51. The molecule has 3 aliphatic heterocycles. The summed E-state index contributed by atoms with van der Waals surface area (Å²) in [4.78, 5) is 44.5. The third-order valence-electron chi connectivity index (χ3n) is 9.85. The number of hydrogen-bond donors (Lipinski definition) is 2. The number of nitrogens with zero attached hydrogens (tertiary/aromatic N) is 4. The molecule has 39 heavy (non-hydrogen) atoms. The number of alkyl halides is 2. The number of aliphatic hydroxyl groups is 1. The summed E-state index contributed by atoms with van der Waals surface area (Å²) in [7, 11) is 0. The molecule has 8 atom stereocenters. The van der Waals surface area contributed by atoms with Crippen LogP contribution in [-0.4, -0.2) is 136 Å². The Bertz CT molecular complexity index is 1020. The van der Waals surface area contributed by atoms with Gasteiger partial charge in [-0.15, -0.1) is 0 Å². The fourth-order valence-corrected chi connectivity index (χ4v) is 7.63. The Hall–Kier alpha value is -2.31. The number of halogens is 2. The smallest absolute Gasteiger partial charge is 0.410 e. The van der Waals surface area contributed by atoms with Gasteiger partial charge in [-0.2, -0.15) is 0 Å². The zero-order valence-electron chi connectivity index (χ0n) is 22.0. The molecule has 10 nitrogen and oxygen atoms in total. The maximum Gasteiger partial charge on any atom is 0.410 e. The monoisotopic (exact) mass is 552 g/mol. The van der Waals surface area contributed by atoms with Crippen LogP contribution in [0.4, 0.5) is 13.6 Å².